The Morgan fingerprint density at radius 1 is 0.973 bits per heavy atom. The Hall–Kier alpha value is -1.59. The van der Waals surface area contributed by atoms with Crippen LogP contribution in [0.15, 0.2) is 30.3 Å². The van der Waals surface area contributed by atoms with Crippen molar-refractivity contribution in [3.05, 3.63) is 35.2 Å². The summed E-state index contributed by atoms with van der Waals surface area (Å²) in [6.45, 7) is -1.64. The van der Waals surface area contributed by atoms with Gasteiger partial charge in [-0.15, -0.1) is 11.3 Å². The number of carbonyl (C=O) groups excluding carboxylic acids is 1. The summed E-state index contributed by atoms with van der Waals surface area (Å²) in [7, 11) is 0. The number of benzene rings is 1. The minimum absolute atomic E-state index is 0.00172. The van der Waals surface area contributed by atoms with Crippen LogP contribution in [-0.2, 0) is 9.53 Å². The summed E-state index contributed by atoms with van der Waals surface area (Å²) in [5, 5.41) is 60.8. The molecule has 0 spiro atoms. The van der Waals surface area contributed by atoms with Gasteiger partial charge < -0.3 is 35.4 Å². The highest BCUT2D eigenvalue weighted by Gasteiger charge is 2.41. The number of aliphatic hydroxyl groups is 6. The standard InChI is InChI=1S/C28H42O8S/c29-15-28(16-30,17-31)18-36-27(35)10-4-2-1-3-8-20-21(24(34)14-23(20)33)11-12-22(32)26-13-19-7-5-6-9-25(19)37-26/h5-7,9,13,20-24,29-34H,1-4,8,10-12,14-18H2/t20-,21-,22?,23+,24-/m1/s1. The lowest BCUT2D eigenvalue weighted by Crippen LogP contribution is -2.39. The van der Waals surface area contributed by atoms with Crippen LogP contribution in [0, 0.1) is 17.3 Å². The van der Waals surface area contributed by atoms with Crippen molar-refractivity contribution >= 4 is 27.4 Å². The number of ether oxygens (including phenoxy) is 1. The first-order chi connectivity index (χ1) is 17.8. The van der Waals surface area contributed by atoms with Crippen LogP contribution < -0.4 is 0 Å². The third-order valence-corrected chi connectivity index (χ3v) is 9.00. The molecule has 208 valence electrons. The Kier molecular flexibility index (Phi) is 11.8. The number of thiophene rings is 1. The van der Waals surface area contributed by atoms with Crippen molar-refractivity contribution in [3.63, 3.8) is 0 Å². The first-order valence-corrected chi connectivity index (χ1v) is 14.1. The number of aliphatic hydroxyl groups excluding tert-OH is 6. The summed E-state index contributed by atoms with van der Waals surface area (Å²) in [4.78, 5) is 12.9. The van der Waals surface area contributed by atoms with Crippen molar-refractivity contribution in [1.29, 1.82) is 0 Å². The molecule has 5 atom stereocenters. The fraction of sp³-hybridized carbons (Fsp3) is 0.679. The van der Waals surface area contributed by atoms with Gasteiger partial charge in [-0.1, -0.05) is 37.5 Å². The molecule has 0 bridgehead atoms. The summed E-state index contributed by atoms with van der Waals surface area (Å²) < 4.78 is 6.25. The third kappa shape index (κ3) is 8.20. The molecule has 1 aromatic carbocycles. The summed E-state index contributed by atoms with van der Waals surface area (Å²) >= 11 is 1.59. The van der Waals surface area contributed by atoms with Crippen molar-refractivity contribution in [2.45, 2.75) is 76.1 Å². The van der Waals surface area contributed by atoms with Crippen LogP contribution in [0.2, 0.25) is 0 Å². The van der Waals surface area contributed by atoms with Crippen LogP contribution >= 0.6 is 11.3 Å². The number of rotatable bonds is 16. The maximum Gasteiger partial charge on any atom is 0.305 e. The van der Waals surface area contributed by atoms with E-state index in [1.165, 1.54) is 0 Å². The van der Waals surface area contributed by atoms with Crippen molar-refractivity contribution in [1.82, 2.24) is 0 Å². The molecule has 0 amide bonds. The minimum atomic E-state index is -1.22. The van der Waals surface area contributed by atoms with E-state index in [4.69, 9.17) is 4.74 Å². The van der Waals surface area contributed by atoms with Gasteiger partial charge in [0.15, 0.2) is 0 Å². The first kappa shape index (κ1) is 30.0. The summed E-state index contributed by atoms with van der Waals surface area (Å²) in [6, 6.07) is 10.1. The maximum absolute atomic E-state index is 11.9. The molecule has 1 heterocycles. The lowest BCUT2D eigenvalue weighted by Gasteiger charge is -2.26. The summed E-state index contributed by atoms with van der Waals surface area (Å²) in [5.74, 6) is -0.469. The molecule has 6 N–H and O–H groups in total. The first-order valence-electron chi connectivity index (χ1n) is 13.3. The van der Waals surface area contributed by atoms with Crippen LogP contribution in [0.5, 0.6) is 0 Å². The largest absolute Gasteiger partial charge is 0.465 e. The van der Waals surface area contributed by atoms with Gasteiger partial charge in [0, 0.05) is 16.0 Å². The molecule has 0 aliphatic heterocycles. The molecule has 1 aliphatic carbocycles. The zero-order valence-electron chi connectivity index (χ0n) is 21.4. The van der Waals surface area contributed by atoms with Gasteiger partial charge in [-0.2, -0.15) is 0 Å². The molecular formula is C28H42O8S. The molecule has 3 rings (SSSR count). The fourth-order valence-corrected chi connectivity index (χ4v) is 6.32. The summed E-state index contributed by atoms with van der Waals surface area (Å²) in [6.07, 6.45) is 4.13. The second-order valence-corrected chi connectivity index (χ2v) is 11.7. The van der Waals surface area contributed by atoms with Gasteiger partial charge in [0.2, 0.25) is 0 Å². The van der Waals surface area contributed by atoms with Crippen molar-refractivity contribution in [3.8, 4) is 0 Å². The predicted molar refractivity (Wildman–Crippen MR) is 142 cm³/mol. The van der Waals surface area contributed by atoms with Crippen LogP contribution in [0.25, 0.3) is 10.1 Å². The van der Waals surface area contributed by atoms with E-state index in [1.54, 1.807) is 11.3 Å². The highest BCUT2D eigenvalue weighted by molar-refractivity contribution is 7.19. The van der Waals surface area contributed by atoms with Crippen LogP contribution in [0.1, 0.15) is 68.8 Å². The SMILES string of the molecule is O=C(CCCCCC[C@@H]1[C@@H](CCC(O)c2cc3ccccc3s2)[C@H](O)C[C@@H]1O)OCC(CO)(CO)CO. The number of hydrogen-bond acceptors (Lipinski definition) is 9. The minimum Gasteiger partial charge on any atom is -0.465 e. The highest BCUT2D eigenvalue weighted by Crippen LogP contribution is 2.41. The van der Waals surface area contributed by atoms with E-state index in [0.29, 0.717) is 25.7 Å². The average Bonchev–Trinajstić information content (AvgIpc) is 3.46. The van der Waals surface area contributed by atoms with E-state index in [9.17, 15) is 35.4 Å². The second-order valence-electron chi connectivity index (χ2n) is 10.6. The van der Waals surface area contributed by atoms with Gasteiger partial charge in [0.25, 0.3) is 0 Å². The Morgan fingerprint density at radius 2 is 1.62 bits per heavy atom. The Balaban J connectivity index is 1.36. The van der Waals surface area contributed by atoms with E-state index in [1.807, 2.05) is 30.3 Å². The Labute approximate surface area is 222 Å². The number of carbonyl (C=O) groups is 1. The Bertz CT molecular complexity index is 917. The zero-order valence-corrected chi connectivity index (χ0v) is 22.2. The zero-order chi connectivity index (χ0) is 26.8. The average molecular weight is 539 g/mol. The van der Waals surface area contributed by atoms with Gasteiger partial charge in [0.05, 0.1) is 43.5 Å². The molecule has 0 radical (unpaired) electrons. The van der Waals surface area contributed by atoms with Crippen molar-refractivity contribution < 1.29 is 40.2 Å². The van der Waals surface area contributed by atoms with E-state index in [2.05, 4.69) is 0 Å². The second kappa shape index (κ2) is 14.5. The molecule has 1 saturated carbocycles. The van der Waals surface area contributed by atoms with E-state index < -0.39 is 49.5 Å². The van der Waals surface area contributed by atoms with Gasteiger partial charge >= 0.3 is 5.97 Å². The summed E-state index contributed by atoms with van der Waals surface area (Å²) in [5.41, 5.74) is -1.22. The molecule has 0 saturated heterocycles. The molecule has 8 nitrogen and oxygen atoms in total. The lowest BCUT2D eigenvalue weighted by molar-refractivity contribution is -0.151. The smallest absolute Gasteiger partial charge is 0.305 e. The fourth-order valence-electron chi connectivity index (χ4n) is 5.24. The molecule has 37 heavy (non-hydrogen) atoms. The maximum atomic E-state index is 11.9. The number of fused-ring (bicyclic) bond motifs is 1. The van der Waals surface area contributed by atoms with Gasteiger partial charge in [-0.3, -0.25) is 4.79 Å². The lowest BCUT2D eigenvalue weighted by atomic mass is 9.84. The number of unbranched alkanes of at least 4 members (excludes halogenated alkanes) is 3. The normalized spacial score (nSPS) is 23.0. The topological polar surface area (TPSA) is 148 Å². The van der Waals surface area contributed by atoms with Crippen molar-refractivity contribution in [2.24, 2.45) is 17.3 Å². The van der Waals surface area contributed by atoms with Gasteiger partial charge in [-0.05, 0) is 61.5 Å². The van der Waals surface area contributed by atoms with Crippen LogP contribution in [0.4, 0.5) is 0 Å². The molecule has 1 unspecified atom stereocenters. The molecule has 9 heteroatoms. The Morgan fingerprint density at radius 3 is 2.30 bits per heavy atom. The third-order valence-electron chi connectivity index (χ3n) is 7.78. The van der Waals surface area contributed by atoms with Gasteiger partial charge in [-0.25, -0.2) is 0 Å². The molecule has 2 aromatic rings. The monoisotopic (exact) mass is 538 g/mol. The number of esters is 1. The number of hydrogen-bond donors (Lipinski definition) is 6. The molecule has 1 fully saturated rings. The van der Waals surface area contributed by atoms with Crippen molar-refractivity contribution in [2.75, 3.05) is 26.4 Å². The quantitative estimate of drug-likeness (QED) is 0.141. The highest BCUT2D eigenvalue weighted by atomic mass is 32.1. The van der Waals surface area contributed by atoms with E-state index in [-0.39, 0.29) is 24.9 Å². The van der Waals surface area contributed by atoms with E-state index >= 15 is 0 Å². The van der Waals surface area contributed by atoms with Gasteiger partial charge in [0.1, 0.15) is 6.61 Å². The van der Waals surface area contributed by atoms with Crippen LogP contribution in [0.3, 0.4) is 0 Å². The molecular weight excluding hydrogens is 496 g/mol. The molecule has 1 aromatic heterocycles. The van der Waals surface area contributed by atoms with Crippen LogP contribution in [-0.4, -0.2) is 75.2 Å². The molecule has 1 aliphatic rings. The van der Waals surface area contributed by atoms with E-state index in [0.717, 1.165) is 40.6 Å². The predicted octanol–water partition coefficient (Wildman–Crippen LogP) is 2.92.